The monoisotopic (exact) mass is 420 g/mol. The molecule has 0 aromatic heterocycles. The van der Waals surface area contributed by atoms with Crippen LogP contribution in [0.1, 0.15) is 12.0 Å². The molecule has 1 fully saturated rings. The minimum absolute atomic E-state index is 0.0534. The Morgan fingerprint density at radius 3 is 2.68 bits per heavy atom. The van der Waals surface area contributed by atoms with E-state index in [0.29, 0.717) is 10.7 Å². The van der Waals surface area contributed by atoms with Gasteiger partial charge in [0.1, 0.15) is 0 Å². The molecule has 2 aromatic rings. The number of anilines is 2. The summed E-state index contributed by atoms with van der Waals surface area (Å²) in [4.78, 5) is 38.2. The molecule has 8 heteroatoms. The lowest BCUT2D eigenvalue weighted by Crippen LogP contribution is -2.28. The Morgan fingerprint density at radius 2 is 1.96 bits per heavy atom. The highest BCUT2D eigenvalue weighted by atomic mass is 35.5. The highest BCUT2D eigenvalue weighted by molar-refractivity contribution is 6.36. The molecule has 0 spiro atoms. The van der Waals surface area contributed by atoms with Crippen LogP contribution in [0.15, 0.2) is 42.5 Å². The average molecular weight is 421 g/mol. The summed E-state index contributed by atoms with van der Waals surface area (Å²) < 4.78 is 5.09. The summed E-state index contributed by atoms with van der Waals surface area (Å²) in [5.74, 6) is -1.87. The second-order valence-electron chi connectivity index (χ2n) is 6.47. The van der Waals surface area contributed by atoms with Gasteiger partial charge in [0.05, 0.1) is 16.6 Å². The normalized spacial score (nSPS) is 16.2. The Bertz CT molecular complexity index is 932. The third-order valence-electron chi connectivity index (χ3n) is 4.42. The van der Waals surface area contributed by atoms with Crippen molar-refractivity contribution in [3.8, 4) is 0 Å². The van der Waals surface area contributed by atoms with E-state index in [1.54, 1.807) is 17.0 Å². The lowest BCUT2D eigenvalue weighted by molar-refractivity contribution is -0.151. The van der Waals surface area contributed by atoms with E-state index >= 15 is 0 Å². The smallest absolute Gasteiger partial charge is 0.311 e. The SMILES string of the molecule is Cc1ccccc1N1C[C@@H](C(=O)OCC(=O)Nc2ccc(Cl)cc2Cl)CC1=O. The van der Waals surface area contributed by atoms with Gasteiger partial charge in [-0.1, -0.05) is 41.4 Å². The maximum absolute atomic E-state index is 12.3. The molecule has 1 N–H and O–H groups in total. The first kappa shape index (κ1) is 20.2. The molecular formula is C20H18Cl2N2O4. The van der Waals surface area contributed by atoms with Crippen molar-refractivity contribution in [2.24, 2.45) is 5.92 Å². The number of carbonyl (C=O) groups is 3. The zero-order valence-corrected chi connectivity index (χ0v) is 16.6. The molecule has 1 aliphatic heterocycles. The Labute approximate surface area is 172 Å². The van der Waals surface area contributed by atoms with Crippen molar-refractivity contribution >= 4 is 52.4 Å². The molecule has 1 heterocycles. The van der Waals surface area contributed by atoms with Gasteiger partial charge in [-0.15, -0.1) is 0 Å². The predicted octanol–water partition coefficient (Wildman–Crippen LogP) is 3.84. The van der Waals surface area contributed by atoms with Gasteiger partial charge in [0.25, 0.3) is 5.91 Å². The summed E-state index contributed by atoms with van der Waals surface area (Å²) in [5.41, 5.74) is 2.09. The van der Waals surface area contributed by atoms with Crippen LogP contribution in [0.3, 0.4) is 0 Å². The van der Waals surface area contributed by atoms with E-state index < -0.39 is 24.4 Å². The van der Waals surface area contributed by atoms with Gasteiger partial charge < -0.3 is 15.0 Å². The number of para-hydroxylation sites is 1. The Morgan fingerprint density at radius 1 is 1.21 bits per heavy atom. The van der Waals surface area contributed by atoms with Crippen LogP contribution in [0, 0.1) is 12.8 Å². The summed E-state index contributed by atoms with van der Waals surface area (Å²) in [6, 6.07) is 12.1. The fourth-order valence-corrected chi connectivity index (χ4v) is 3.45. The molecule has 1 saturated heterocycles. The van der Waals surface area contributed by atoms with Crippen molar-refractivity contribution in [2.45, 2.75) is 13.3 Å². The highest BCUT2D eigenvalue weighted by Crippen LogP contribution is 2.28. The number of hydrogen-bond donors (Lipinski definition) is 1. The number of carbonyl (C=O) groups excluding carboxylic acids is 3. The van der Waals surface area contributed by atoms with Crippen molar-refractivity contribution in [2.75, 3.05) is 23.4 Å². The molecule has 1 atom stereocenters. The Hall–Kier alpha value is -2.57. The summed E-state index contributed by atoms with van der Waals surface area (Å²) in [5, 5.41) is 3.27. The number of rotatable bonds is 5. The zero-order valence-electron chi connectivity index (χ0n) is 15.1. The van der Waals surface area contributed by atoms with Gasteiger partial charge in [-0.25, -0.2) is 0 Å². The molecule has 6 nitrogen and oxygen atoms in total. The first-order valence-corrected chi connectivity index (χ1v) is 9.38. The van der Waals surface area contributed by atoms with Crippen LogP contribution in [0.25, 0.3) is 0 Å². The van der Waals surface area contributed by atoms with E-state index in [-0.39, 0.29) is 23.9 Å². The highest BCUT2D eigenvalue weighted by Gasteiger charge is 2.36. The topological polar surface area (TPSA) is 75.7 Å². The van der Waals surface area contributed by atoms with Crippen molar-refractivity contribution in [1.29, 1.82) is 0 Å². The van der Waals surface area contributed by atoms with Crippen molar-refractivity contribution < 1.29 is 19.1 Å². The molecule has 28 heavy (non-hydrogen) atoms. The standard InChI is InChI=1S/C20H18Cl2N2O4/c1-12-4-2-3-5-17(12)24-10-13(8-19(24)26)20(27)28-11-18(25)23-16-7-6-14(21)9-15(16)22/h2-7,9,13H,8,10-11H2,1H3,(H,23,25)/t13-/m0/s1. The number of hydrogen-bond acceptors (Lipinski definition) is 4. The molecule has 0 radical (unpaired) electrons. The minimum atomic E-state index is -0.612. The van der Waals surface area contributed by atoms with Crippen molar-refractivity contribution in [3.63, 3.8) is 0 Å². The Kier molecular flexibility index (Phi) is 6.21. The minimum Gasteiger partial charge on any atom is -0.455 e. The van der Waals surface area contributed by atoms with Crippen LogP contribution in [-0.4, -0.2) is 30.9 Å². The molecule has 0 unspecified atom stereocenters. The largest absolute Gasteiger partial charge is 0.455 e. The van der Waals surface area contributed by atoms with E-state index in [0.717, 1.165) is 11.3 Å². The second-order valence-corrected chi connectivity index (χ2v) is 7.32. The third kappa shape index (κ3) is 4.64. The fourth-order valence-electron chi connectivity index (χ4n) is 3.00. The van der Waals surface area contributed by atoms with Crippen molar-refractivity contribution in [3.05, 3.63) is 58.1 Å². The van der Waals surface area contributed by atoms with Crippen molar-refractivity contribution in [1.82, 2.24) is 0 Å². The van der Waals surface area contributed by atoms with Crippen LogP contribution in [-0.2, 0) is 19.1 Å². The number of nitrogens with zero attached hydrogens (tertiary/aromatic N) is 1. The number of halogens is 2. The average Bonchev–Trinajstić information content (AvgIpc) is 3.04. The molecule has 0 bridgehead atoms. The number of amides is 2. The number of esters is 1. The van der Waals surface area contributed by atoms with Gasteiger partial charge in [0, 0.05) is 23.7 Å². The summed E-state index contributed by atoms with van der Waals surface area (Å²) in [7, 11) is 0. The second kappa shape index (κ2) is 8.63. The fraction of sp³-hybridized carbons (Fsp3) is 0.250. The summed E-state index contributed by atoms with van der Waals surface area (Å²) in [6.07, 6.45) is 0.0534. The summed E-state index contributed by atoms with van der Waals surface area (Å²) in [6.45, 7) is 1.67. The van der Waals surface area contributed by atoms with Crippen LogP contribution < -0.4 is 10.2 Å². The number of nitrogens with one attached hydrogen (secondary N) is 1. The van der Waals surface area contributed by atoms with Gasteiger partial charge in [-0.2, -0.15) is 0 Å². The molecule has 146 valence electrons. The lowest BCUT2D eigenvalue weighted by Gasteiger charge is -2.18. The molecule has 1 aliphatic rings. The lowest BCUT2D eigenvalue weighted by atomic mass is 10.1. The molecule has 2 aromatic carbocycles. The molecule has 0 saturated carbocycles. The number of aryl methyl sites for hydroxylation is 1. The van der Waals surface area contributed by atoms with Gasteiger partial charge >= 0.3 is 5.97 Å². The first-order valence-electron chi connectivity index (χ1n) is 8.62. The van der Waals surface area contributed by atoms with Gasteiger partial charge in [0.15, 0.2) is 6.61 Å². The zero-order chi connectivity index (χ0) is 20.3. The Balaban J connectivity index is 1.54. The van der Waals surface area contributed by atoms with Crippen LogP contribution in [0.4, 0.5) is 11.4 Å². The van der Waals surface area contributed by atoms with E-state index in [4.69, 9.17) is 27.9 Å². The van der Waals surface area contributed by atoms with Gasteiger partial charge in [-0.05, 0) is 36.8 Å². The van der Waals surface area contributed by atoms with Gasteiger partial charge in [-0.3, -0.25) is 14.4 Å². The first-order chi connectivity index (χ1) is 13.3. The van der Waals surface area contributed by atoms with Gasteiger partial charge in [0.2, 0.25) is 5.91 Å². The maximum Gasteiger partial charge on any atom is 0.311 e. The van der Waals surface area contributed by atoms with Crippen LogP contribution >= 0.6 is 23.2 Å². The number of ether oxygens (including phenoxy) is 1. The van der Waals surface area contributed by atoms with E-state index in [1.807, 2.05) is 31.2 Å². The molecular weight excluding hydrogens is 403 g/mol. The predicted molar refractivity (Wildman–Crippen MR) is 108 cm³/mol. The number of benzene rings is 2. The summed E-state index contributed by atoms with van der Waals surface area (Å²) >= 11 is 11.8. The van der Waals surface area contributed by atoms with Crippen LogP contribution in [0.2, 0.25) is 10.0 Å². The quantitative estimate of drug-likeness (QED) is 0.745. The maximum atomic E-state index is 12.3. The third-order valence-corrected chi connectivity index (χ3v) is 4.96. The van der Waals surface area contributed by atoms with E-state index in [9.17, 15) is 14.4 Å². The molecule has 2 amide bonds. The van der Waals surface area contributed by atoms with E-state index in [1.165, 1.54) is 6.07 Å². The molecule has 0 aliphatic carbocycles. The molecule has 3 rings (SSSR count). The van der Waals surface area contributed by atoms with E-state index in [2.05, 4.69) is 5.32 Å². The van der Waals surface area contributed by atoms with Crippen LogP contribution in [0.5, 0.6) is 0 Å².